The fourth-order valence-corrected chi connectivity index (χ4v) is 5.88. The number of pyridine rings is 1. The molecule has 294 valence electrons. The lowest BCUT2D eigenvalue weighted by Gasteiger charge is -2.29. The number of nitrogens with zero attached hydrogens (tertiary/aromatic N) is 2. The lowest BCUT2D eigenvalue weighted by Crippen LogP contribution is -2.61. The number of amides is 7. The summed E-state index contributed by atoms with van der Waals surface area (Å²) >= 11 is 0.806. The molecule has 11 N–H and O–H groups in total. The van der Waals surface area contributed by atoms with Crippen molar-refractivity contribution in [3.63, 3.8) is 0 Å². The average Bonchev–Trinajstić information content (AvgIpc) is 3.11. The summed E-state index contributed by atoms with van der Waals surface area (Å²) in [6, 6.07) is 5.33. The number of benzene rings is 1. The number of rotatable bonds is 22. The summed E-state index contributed by atoms with van der Waals surface area (Å²) in [5.74, 6) is -6.85. The van der Waals surface area contributed by atoms with Gasteiger partial charge in [0.25, 0.3) is 0 Å². The summed E-state index contributed by atoms with van der Waals surface area (Å²) in [6.07, 6.45) is 1.04. The summed E-state index contributed by atoms with van der Waals surface area (Å²) < 4.78 is 0. The molecule has 0 saturated carbocycles. The molecular weight excluding hydrogens is 725 g/mol. The summed E-state index contributed by atoms with van der Waals surface area (Å²) in [6.45, 7) is 5.95. The Balaban J connectivity index is 2.24. The number of nitrogens with one attached hydrogen (secondary N) is 5. The van der Waals surface area contributed by atoms with E-state index in [0.717, 1.165) is 17.3 Å². The van der Waals surface area contributed by atoms with Crippen molar-refractivity contribution >= 4 is 58.8 Å². The molecule has 0 bridgehead atoms. The van der Waals surface area contributed by atoms with Gasteiger partial charge in [-0.2, -0.15) is 0 Å². The number of hydrogen-bond acceptors (Lipinski definition) is 12. The highest BCUT2D eigenvalue weighted by Gasteiger charge is 2.34. The van der Waals surface area contributed by atoms with E-state index in [1.165, 1.54) is 18.3 Å². The summed E-state index contributed by atoms with van der Waals surface area (Å²) in [7, 11) is 0. The smallest absolute Gasteiger partial charge is 0.301 e. The van der Waals surface area contributed by atoms with Crippen molar-refractivity contribution in [3.05, 3.63) is 64.3 Å². The van der Waals surface area contributed by atoms with Gasteiger partial charge in [0.2, 0.25) is 41.4 Å². The van der Waals surface area contributed by atoms with Gasteiger partial charge in [-0.1, -0.05) is 69.8 Å². The van der Waals surface area contributed by atoms with Crippen molar-refractivity contribution in [1.29, 1.82) is 0 Å². The number of hydrogen-bond donors (Lipinski definition) is 8. The van der Waals surface area contributed by atoms with Crippen LogP contribution in [0.15, 0.2) is 53.7 Å². The third kappa shape index (κ3) is 14.8. The Morgan fingerprint density at radius 3 is 1.89 bits per heavy atom. The molecule has 0 fully saturated rings. The number of nitro groups is 1. The number of aromatic nitrogens is 1. The van der Waals surface area contributed by atoms with Crippen LogP contribution >= 0.6 is 11.8 Å². The fraction of sp³-hybridized carbons (Fsp3) is 0.471. The van der Waals surface area contributed by atoms with Crippen LogP contribution in [0.3, 0.4) is 0 Å². The molecule has 7 amide bonds. The monoisotopic (exact) mass is 772 g/mol. The van der Waals surface area contributed by atoms with E-state index in [1.807, 2.05) is 6.07 Å². The SMILES string of the molecule is CC(C)[C@H](NC(=O)[C@H](CCC(N)=O)NC(=O)[C@H](N)Cc1ccccc1)C(=O)N[C@H](C(=O)N[C@@H](CSc1ncccc1[N+](=O)[O-])C(=O)NCC(N)=O)C(C)C. The first kappa shape index (κ1) is 44.5. The molecule has 0 aliphatic rings. The minimum absolute atomic E-state index is 0.0304. The van der Waals surface area contributed by atoms with Gasteiger partial charge in [-0.3, -0.25) is 43.7 Å². The average molecular weight is 773 g/mol. The van der Waals surface area contributed by atoms with Gasteiger partial charge < -0.3 is 43.8 Å². The first-order chi connectivity index (χ1) is 25.4. The molecule has 1 heterocycles. The first-order valence-corrected chi connectivity index (χ1v) is 18.0. The second-order valence-corrected chi connectivity index (χ2v) is 14.0. The highest BCUT2D eigenvalue weighted by atomic mass is 32.2. The van der Waals surface area contributed by atoms with Crippen LogP contribution in [0.25, 0.3) is 0 Å². The van der Waals surface area contributed by atoms with Gasteiger partial charge in [-0.05, 0) is 36.3 Å². The predicted octanol–water partition coefficient (Wildman–Crippen LogP) is -1.23. The molecule has 0 aliphatic heterocycles. The Morgan fingerprint density at radius 1 is 0.759 bits per heavy atom. The van der Waals surface area contributed by atoms with Gasteiger partial charge in [-0.15, -0.1) is 0 Å². The number of carbonyl (C=O) groups excluding carboxylic acids is 7. The van der Waals surface area contributed by atoms with E-state index in [9.17, 15) is 43.7 Å². The molecule has 0 spiro atoms. The molecule has 0 saturated heterocycles. The molecule has 5 atom stereocenters. The highest BCUT2D eigenvalue weighted by Crippen LogP contribution is 2.26. The lowest BCUT2D eigenvalue weighted by atomic mass is 9.98. The maximum atomic E-state index is 13.7. The van der Waals surface area contributed by atoms with Gasteiger partial charge in [0.05, 0.1) is 17.5 Å². The van der Waals surface area contributed by atoms with Crippen LogP contribution in [0, 0.1) is 22.0 Å². The summed E-state index contributed by atoms with van der Waals surface area (Å²) in [5, 5.41) is 24.0. The van der Waals surface area contributed by atoms with E-state index in [0.29, 0.717) is 0 Å². The zero-order chi connectivity index (χ0) is 40.5. The quantitative estimate of drug-likeness (QED) is 0.0396. The minimum Gasteiger partial charge on any atom is -0.370 e. The number of nitrogens with two attached hydrogens (primary N) is 3. The van der Waals surface area contributed by atoms with E-state index in [1.54, 1.807) is 52.0 Å². The van der Waals surface area contributed by atoms with Crippen molar-refractivity contribution in [1.82, 2.24) is 31.6 Å². The number of primary amides is 2. The van der Waals surface area contributed by atoms with Crippen LogP contribution in [0.4, 0.5) is 5.69 Å². The first-order valence-electron chi connectivity index (χ1n) is 17.0. The minimum atomic E-state index is -1.37. The zero-order valence-corrected chi connectivity index (χ0v) is 31.2. The van der Waals surface area contributed by atoms with Crippen LogP contribution in [0.5, 0.6) is 0 Å². The topological polar surface area (TPSA) is 314 Å². The Bertz CT molecular complexity index is 1660. The number of carbonyl (C=O) groups is 7. The van der Waals surface area contributed by atoms with E-state index in [4.69, 9.17) is 17.2 Å². The molecule has 54 heavy (non-hydrogen) atoms. The summed E-state index contributed by atoms with van der Waals surface area (Å²) in [4.78, 5) is 105. The van der Waals surface area contributed by atoms with Gasteiger partial charge >= 0.3 is 5.69 Å². The second kappa shape index (κ2) is 21.8. The third-order valence-corrected chi connectivity index (χ3v) is 8.93. The molecule has 0 aliphatic carbocycles. The molecule has 0 unspecified atom stereocenters. The van der Waals surface area contributed by atoms with Crippen LogP contribution in [0.1, 0.15) is 46.1 Å². The third-order valence-electron chi connectivity index (χ3n) is 7.85. The van der Waals surface area contributed by atoms with Gasteiger partial charge in [0.1, 0.15) is 24.2 Å². The molecule has 1 aromatic carbocycles. The molecule has 2 rings (SSSR count). The van der Waals surface area contributed by atoms with E-state index < -0.39 is 94.9 Å². The maximum absolute atomic E-state index is 13.7. The van der Waals surface area contributed by atoms with Crippen molar-refractivity contribution in [2.24, 2.45) is 29.0 Å². The zero-order valence-electron chi connectivity index (χ0n) is 30.4. The van der Waals surface area contributed by atoms with Gasteiger partial charge in [0.15, 0.2) is 5.03 Å². The van der Waals surface area contributed by atoms with E-state index in [-0.39, 0.29) is 35.7 Å². The van der Waals surface area contributed by atoms with Crippen molar-refractivity contribution < 1.29 is 38.5 Å². The van der Waals surface area contributed by atoms with Gasteiger partial charge in [0, 0.05) is 24.4 Å². The molecule has 1 aromatic heterocycles. The van der Waals surface area contributed by atoms with Crippen LogP contribution in [-0.4, -0.2) is 93.8 Å². The maximum Gasteiger partial charge on any atom is 0.301 e. The Morgan fingerprint density at radius 2 is 1.33 bits per heavy atom. The largest absolute Gasteiger partial charge is 0.370 e. The Labute approximate surface area is 316 Å². The predicted molar refractivity (Wildman–Crippen MR) is 198 cm³/mol. The highest BCUT2D eigenvalue weighted by molar-refractivity contribution is 7.99. The van der Waals surface area contributed by atoms with Crippen molar-refractivity contribution in [2.75, 3.05) is 12.3 Å². The van der Waals surface area contributed by atoms with Crippen molar-refractivity contribution in [3.8, 4) is 0 Å². The Hall–Kier alpha value is -5.63. The molecule has 2 aromatic rings. The van der Waals surface area contributed by atoms with E-state index in [2.05, 4.69) is 31.6 Å². The Kier molecular flexibility index (Phi) is 18.0. The molecule has 20 heteroatoms. The fourth-order valence-electron chi connectivity index (χ4n) is 4.90. The standard InChI is InChI=1S/C34H48N10O9S/c1-18(2)27(32(50)41-23(30(48)39-16-26(37)46)17-54-34-24(44(52)53)11-8-14-38-34)43-33(51)28(19(3)4)42-31(49)22(12-13-25(36)45)40-29(47)21(35)15-20-9-6-5-7-10-20/h5-11,14,18-19,21-23,27-28H,12-13,15-17,35H2,1-4H3,(H2,36,45)(H2,37,46)(H,39,48)(H,40,47)(H,41,50)(H,42,49)(H,43,51)/t21-,22+,23+,27+,28+/m1/s1. The van der Waals surface area contributed by atoms with E-state index >= 15 is 0 Å². The number of thioether (sulfide) groups is 1. The van der Waals surface area contributed by atoms with Crippen LogP contribution in [-0.2, 0) is 40.0 Å². The van der Waals surface area contributed by atoms with Crippen molar-refractivity contribution in [2.45, 2.75) is 82.2 Å². The second-order valence-electron chi connectivity index (χ2n) is 13.0. The molecule has 19 nitrogen and oxygen atoms in total. The normalized spacial score (nSPS) is 13.8. The lowest BCUT2D eigenvalue weighted by molar-refractivity contribution is -0.388. The molecular formula is C34H48N10O9S. The van der Waals surface area contributed by atoms with Crippen LogP contribution < -0.4 is 43.8 Å². The van der Waals surface area contributed by atoms with Crippen LogP contribution in [0.2, 0.25) is 0 Å². The summed E-state index contributed by atoms with van der Waals surface area (Å²) in [5.41, 5.74) is 17.0. The molecule has 0 radical (unpaired) electrons. The van der Waals surface area contributed by atoms with Gasteiger partial charge in [-0.25, -0.2) is 4.98 Å².